The van der Waals surface area contributed by atoms with Gasteiger partial charge in [0.2, 0.25) is 0 Å². The van der Waals surface area contributed by atoms with Gasteiger partial charge in [-0.15, -0.1) is 0 Å². The lowest BCUT2D eigenvalue weighted by atomic mass is 11.4. The zero-order chi connectivity index (χ0) is 3.41. The molecular weight excluding hydrogens is 165 g/mol. The molecule has 0 aliphatic carbocycles. The molecule has 0 unspecified atom stereocenters. The van der Waals surface area contributed by atoms with E-state index in [0.29, 0.717) is 0 Å². The molecule has 0 radical (unpaired) electrons. The van der Waals surface area contributed by atoms with Crippen LogP contribution in [0.4, 0.5) is 0 Å². The first-order valence-electron chi connectivity index (χ1n) is 0.924. The van der Waals surface area contributed by atoms with Crippen molar-refractivity contribution in [1.82, 2.24) is 0 Å². The summed E-state index contributed by atoms with van der Waals surface area (Å²) in [5.41, 5.74) is 0. The fourth-order valence-electron chi connectivity index (χ4n) is 0. The van der Waals surface area contributed by atoms with Crippen molar-refractivity contribution in [3.8, 4) is 0 Å². The minimum atomic E-state index is 1.72. The molecule has 2 heteroatoms. The van der Waals surface area contributed by atoms with Crippen LogP contribution < -0.4 is 0 Å². The highest BCUT2D eigenvalue weighted by molar-refractivity contribution is 14.1. The molecule has 0 rings (SSSR count). The summed E-state index contributed by atoms with van der Waals surface area (Å²) in [5, 5.41) is 0. The number of nitrogens with zero attached hydrogens (tertiary/aromatic N) is 1. The molecule has 0 aliphatic rings. The first-order chi connectivity index (χ1) is 1.91. The van der Waals surface area contributed by atoms with E-state index >= 15 is 0 Å². The molecule has 0 fully saturated rings. The van der Waals surface area contributed by atoms with Gasteiger partial charge < -0.3 is 0 Å². The normalized spacial score (nSPS) is 9.50. The van der Waals surface area contributed by atoms with E-state index in [0.717, 1.165) is 0 Å². The largest absolute Gasteiger partial charge is 0.290 e. The maximum Gasteiger partial charge on any atom is 0.0592 e. The summed E-state index contributed by atoms with van der Waals surface area (Å²) in [6, 6.07) is 0. The van der Waals surface area contributed by atoms with Gasteiger partial charge in [-0.05, 0) is 22.6 Å². The molecule has 24 valence electrons. The van der Waals surface area contributed by atoms with Crippen LogP contribution in [0.5, 0.6) is 0 Å². The Morgan fingerprint density at radius 1 is 2.00 bits per heavy atom. The summed E-state index contributed by atoms with van der Waals surface area (Å²) in [4.78, 5) is 3.60. The number of hydrogen-bond donors (Lipinski definition) is 0. The summed E-state index contributed by atoms with van der Waals surface area (Å²) < 4.78 is 1.72. The topological polar surface area (TPSA) is 12.4 Å². The molecule has 0 aromatic heterocycles. The van der Waals surface area contributed by atoms with Gasteiger partial charge in [0, 0.05) is 7.05 Å². The smallest absolute Gasteiger partial charge is 0.0592 e. The van der Waals surface area contributed by atoms with Crippen LogP contribution in [0.15, 0.2) is 4.99 Å². The van der Waals surface area contributed by atoms with E-state index in [-0.39, 0.29) is 0 Å². The molecular formula is C2H4IN. The first-order valence-corrected chi connectivity index (χ1v) is 2.17. The van der Waals surface area contributed by atoms with Crippen molar-refractivity contribution in [3.05, 3.63) is 0 Å². The fourth-order valence-corrected chi connectivity index (χ4v) is 0. The lowest BCUT2D eigenvalue weighted by Crippen LogP contribution is -1.39. The summed E-state index contributed by atoms with van der Waals surface area (Å²) >= 11 is 2.06. The number of rotatable bonds is 0. The van der Waals surface area contributed by atoms with E-state index < -0.39 is 0 Å². The van der Waals surface area contributed by atoms with Crippen molar-refractivity contribution in [3.63, 3.8) is 0 Å². The third-order valence-electron chi connectivity index (χ3n) is 0.0976. The second kappa shape index (κ2) is 3.40. The van der Waals surface area contributed by atoms with E-state index in [4.69, 9.17) is 0 Å². The summed E-state index contributed by atoms with van der Waals surface area (Å²) in [7, 11) is 1.74. The van der Waals surface area contributed by atoms with Crippen molar-refractivity contribution in [2.75, 3.05) is 7.05 Å². The Hall–Kier alpha value is 0.400. The second-order valence-corrected chi connectivity index (χ2v) is 0.913. The average molecular weight is 169 g/mol. The molecule has 0 aliphatic heterocycles. The molecule has 0 N–H and O–H groups in total. The van der Waals surface area contributed by atoms with Gasteiger partial charge >= 0.3 is 0 Å². The van der Waals surface area contributed by atoms with Crippen molar-refractivity contribution in [2.45, 2.75) is 0 Å². The molecule has 0 saturated heterocycles. The van der Waals surface area contributed by atoms with Crippen LogP contribution in [0.1, 0.15) is 0 Å². The highest BCUT2D eigenvalue weighted by Gasteiger charge is 1.35. The average Bonchev–Trinajstić information content (AvgIpc) is 1.37. The Labute approximate surface area is 39.3 Å². The summed E-state index contributed by atoms with van der Waals surface area (Å²) in [6.45, 7) is 0. The molecule has 0 spiro atoms. The molecule has 0 atom stereocenters. The highest BCUT2D eigenvalue weighted by atomic mass is 127. The van der Waals surface area contributed by atoms with E-state index in [1.54, 1.807) is 11.3 Å². The van der Waals surface area contributed by atoms with Gasteiger partial charge in [0.05, 0.1) is 4.22 Å². The molecule has 0 saturated carbocycles. The van der Waals surface area contributed by atoms with E-state index in [1.165, 1.54) is 0 Å². The van der Waals surface area contributed by atoms with Crippen LogP contribution in [-0.4, -0.2) is 11.3 Å². The van der Waals surface area contributed by atoms with Crippen molar-refractivity contribution < 1.29 is 0 Å². The van der Waals surface area contributed by atoms with Crippen LogP contribution in [0.3, 0.4) is 0 Å². The molecule has 4 heavy (non-hydrogen) atoms. The maximum atomic E-state index is 3.60. The summed E-state index contributed by atoms with van der Waals surface area (Å²) in [5.74, 6) is 0. The summed E-state index contributed by atoms with van der Waals surface area (Å²) in [6.07, 6.45) is 0. The zero-order valence-electron chi connectivity index (χ0n) is 2.40. The van der Waals surface area contributed by atoms with Crippen molar-refractivity contribution in [1.29, 1.82) is 0 Å². The van der Waals surface area contributed by atoms with Crippen LogP contribution in [-0.2, 0) is 0 Å². The van der Waals surface area contributed by atoms with Gasteiger partial charge in [-0.25, -0.2) is 0 Å². The van der Waals surface area contributed by atoms with Crippen LogP contribution in [0, 0.1) is 0 Å². The van der Waals surface area contributed by atoms with E-state index in [1.807, 2.05) is 0 Å². The third kappa shape index (κ3) is 2.40. The Morgan fingerprint density at radius 2 is 2.25 bits per heavy atom. The van der Waals surface area contributed by atoms with E-state index in [9.17, 15) is 0 Å². The lowest BCUT2D eigenvalue weighted by molar-refractivity contribution is 1.49. The van der Waals surface area contributed by atoms with Gasteiger partial charge in [-0.2, -0.15) is 0 Å². The van der Waals surface area contributed by atoms with Gasteiger partial charge in [-0.3, -0.25) is 4.99 Å². The Kier molecular flexibility index (Phi) is 3.74. The van der Waals surface area contributed by atoms with Crippen LogP contribution in [0.25, 0.3) is 0 Å². The Morgan fingerprint density at radius 3 is 2.25 bits per heavy atom. The Bertz CT molecular complexity index is 21.2. The van der Waals surface area contributed by atoms with Crippen LogP contribution >= 0.6 is 22.6 Å². The van der Waals surface area contributed by atoms with Crippen molar-refractivity contribution in [2.24, 2.45) is 4.99 Å². The van der Waals surface area contributed by atoms with Gasteiger partial charge in [0.25, 0.3) is 0 Å². The predicted molar refractivity (Wildman–Crippen MR) is 28.4 cm³/mol. The molecule has 0 aromatic rings. The highest BCUT2D eigenvalue weighted by Crippen LogP contribution is 1.63. The zero-order valence-corrected chi connectivity index (χ0v) is 4.56. The molecule has 0 heterocycles. The Balaban J connectivity index is 2.55. The molecule has 0 amide bonds. The molecule has 0 bridgehead atoms. The SMILES string of the molecule is C/N=C/I. The first kappa shape index (κ1) is 4.40. The quantitative estimate of drug-likeness (QED) is 0.380. The van der Waals surface area contributed by atoms with E-state index in [2.05, 4.69) is 27.6 Å². The predicted octanol–water partition coefficient (Wildman–Crippen LogP) is 1.08. The minimum absolute atomic E-state index is 1.72. The number of halogens is 1. The molecule has 0 aromatic carbocycles. The lowest BCUT2D eigenvalue weighted by Gasteiger charge is -1.51. The fraction of sp³-hybridized carbons (Fsp3) is 0.500. The van der Waals surface area contributed by atoms with Gasteiger partial charge in [0.1, 0.15) is 0 Å². The third-order valence-corrected chi connectivity index (χ3v) is 0.655. The monoisotopic (exact) mass is 169 g/mol. The standard InChI is InChI=1S/C2H4IN/c1-4-2-3/h2H,1H3/b4-2+. The minimum Gasteiger partial charge on any atom is -0.290 e. The van der Waals surface area contributed by atoms with Crippen molar-refractivity contribution >= 4 is 26.8 Å². The van der Waals surface area contributed by atoms with Crippen LogP contribution in [0.2, 0.25) is 0 Å². The second-order valence-electron chi connectivity index (χ2n) is 0.356. The number of aliphatic imine (C=N–C) groups is 1. The maximum absolute atomic E-state index is 3.60. The molecule has 1 nitrogen and oxygen atoms in total. The number of hydrogen-bond acceptors (Lipinski definition) is 1. The van der Waals surface area contributed by atoms with Gasteiger partial charge in [-0.1, -0.05) is 0 Å². The van der Waals surface area contributed by atoms with Gasteiger partial charge in [0.15, 0.2) is 0 Å².